The van der Waals surface area contributed by atoms with Crippen LogP contribution >= 0.6 is 0 Å². The lowest BCUT2D eigenvalue weighted by Gasteiger charge is -2.18. The summed E-state index contributed by atoms with van der Waals surface area (Å²) < 4.78 is 16.8. The molecule has 434 valence electrons. The van der Waals surface area contributed by atoms with Crippen molar-refractivity contribution in [1.82, 2.24) is 0 Å². The molecule has 0 aliphatic heterocycles. The molecule has 0 saturated carbocycles. The molecule has 0 N–H and O–H groups in total. The van der Waals surface area contributed by atoms with Crippen LogP contribution in [0.5, 0.6) is 0 Å². The minimum absolute atomic E-state index is 0.0757. The second-order valence-electron chi connectivity index (χ2n) is 21.6. The van der Waals surface area contributed by atoms with Crippen LogP contribution in [0.15, 0.2) is 72.9 Å². The van der Waals surface area contributed by atoms with Gasteiger partial charge in [0.05, 0.1) is 0 Å². The van der Waals surface area contributed by atoms with E-state index in [2.05, 4.69) is 93.7 Å². The summed E-state index contributed by atoms with van der Waals surface area (Å²) in [5.74, 6) is -0.878. The third-order valence-corrected chi connectivity index (χ3v) is 14.2. The number of ether oxygens (including phenoxy) is 3. The van der Waals surface area contributed by atoms with Gasteiger partial charge in [-0.05, 0) is 83.5 Å². The fourth-order valence-corrected chi connectivity index (χ4v) is 9.36. The molecule has 0 bridgehead atoms. The first-order valence-electron chi connectivity index (χ1n) is 32.4. The first-order valence-corrected chi connectivity index (χ1v) is 32.4. The van der Waals surface area contributed by atoms with Crippen molar-refractivity contribution < 1.29 is 28.6 Å². The highest BCUT2D eigenvalue weighted by Gasteiger charge is 2.19. The van der Waals surface area contributed by atoms with Crippen molar-refractivity contribution in [3.63, 3.8) is 0 Å². The zero-order valence-corrected chi connectivity index (χ0v) is 49.8. The summed E-state index contributed by atoms with van der Waals surface area (Å²) in [6, 6.07) is 0. The van der Waals surface area contributed by atoms with Crippen molar-refractivity contribution in [3.05, 3.63) is 72.9 Å². The van der Waals surface area contributed by atoms with E-state index in [-0.39, 0.29) is 31.1 Å². The Morgan fingerprint density at radius 2 is 0.547 bits per heavy atom. The van der Waals surface area contributed by atoms with Gasteiger partial charge < -0.3 is 14.2 Å². The minimum Gasteiger partial charge on any atom is -0.462 e. The van der Waals surface area contributed by atoms with Crippen LogP contribution in [0.1, 0.15) is 329 Å². The molecule has 0 aliphatic carbocycles. The van der Waals surface area contributed by atoms with Gasteiger partial charge in [0.2, 0.25) is 0 Å². The van der Waals surface area contributed by atoms with E-state index in [9.17, 15) is 14.4 Å². The van der Waals surface area contributed by atoms with Crippen LogP contribution in [0.25, 0.3) is 0 Å². The van der Waals surface area contributed by atoms with Crippen LogP contribution in [0, 0.1) is 0 Å². The summed E-state index contributed by atoms with van der Waals surface area (Å²) in [6.07, 6.45) is 82.4. The molecule has 0 amide bonds. The molecule has 0 aromatic carbocycles. The van der Waals surface area contributed by atoms with Crippen molar-refractivity contribution in [2.24, 2.45) is 0 Å². The van der Waals surface area contributed by atoms with E-state index < -0.39 is 6.10 Å². The van der Waals surface area contributed by atoms with Crippen molar-refractivity contribution >= 4 is 17.9 Å². The summed E-state index contributed by atoms with van der Waals surface area (Å²) in [4.78, 5) is 38.1. The third-order valence-electron chi connectivity index (χ3n) is 14.2. The second-order valence-corrected chi connectivity index (χ2v) is 21.6. The molecule has 0 aliphatic rings. The second kappa shape index (κ2) is 63.4. The summed E-state index contributed by atoms with van der Waals surface area (Å²) in [6.45, 7) is 6.46. The molecule has 0 aromatic rings. The maximum atomic E-state index is 12.8. The van der Waals surface area contributed by atoms with E-state index in [4.69, 9.17) is 14.2 Å². The monoisotopic (exact) mass is 1050 g/mol. The highest BCUT2D eigenvalue weighted by molar-refractivity contribution is 5.71. The van der Waals surface area contributed by atoms with Gasteiger partial charge in [0.15, 0.2) is 6.10 Å². The van der Waals surface area contributed by atoms with E-state index in [1.54, 1.807) is 0 Å². The Bertz CT molecular complexity index is 1390. The largest absolute Gasteiger partial charge is 0.462 e. The molecule has 0 fully saturated rings. The molecular weight excluding hydrogens is 925 g/mol. The van der Waals surface area contributed by atoms with Gasteiger partial charge in [-0.2, -0.15) is 0 Å². The predicted octanol–water partition coefficient (Wildman–Crippen LogP) is 22.1. The summed E-state index contributed by atoms with van der Waals surface area (Å²) in [5, 5.41) is 0. The van der Waals surface area contributed by atoms with E-state index >= 15 is 0 Å². The van der Waals surface area contributed by atoms with Crippen molar-refractivity contribution in [3.8, 4) is 0 Å². The molecule has 75 heavy (non-hydrogen) atoms. The first-order chi connectivity index (χ1) is 37.0. The minimum atomic E-state index is -0.777. The summed E-state index contributed by atoms with van der Waals surface area (Å²) in [7, 11) is 0. The molecule has 0 spiro atoms. The average Bonchev–Trinajstić information content (AvgIpc) is 3.41. The topological polar surface area (TPSA) is 78.9 Å². The number of unbranched alkanes of at least 4 members (excludes halogenated alkanes) is 36. The lowest BCUT2D eigenvalue weighted by atomic mass is 10.0. The zero-order chi connectivity index (χ0) is 54.3. The molecule has 6 nitrogen and oxygen atoms in total. The normalized spacial score (nSPS) is 12.5. The third kappa shape index (κ3) is 61.6. The summed E-state index contributed by atoms with van der Waals surface area (Å²) in [5.41, 5.74) is 0. The van der Waals surface area contributed by atoms with Gasteiger partial charge in [0.25, 0.3) is 0 Å². The van der Waals surface area contributed by atoms with Gasteiger partial charge in [0, 0.05) is 19.3 Å². The fraction of sp³-hybridized carbons (Fsp3) is 0.783. The molecule has 0 aromatic heterocycles. The average molecular weight is 1050 g/mol. The molecule has 1 atom stereocenters. The number of carbonyl (C=O) groups excluding carboxylic acids is 3. The number of hydrogen-bond donors (Lipinski definition) is 0. The van der Waals surface area contributed by atoms with Crippen LogP contribution in [0.3, 0.4) is 0 Å². The number of allylic oxidation sites excluding steroid dienone is 12. The van der Waals surface area contributed by atoms with Gasteiger partial charge in [0.1, 0.15) is 13.2 Å². The van der Waals surface area contributed by atoms with Crippen molar-refractivity contribution in [1.29, 1.82) is 0 Å². The quantitative estimate of drug-likeness (QED) is 0.0261. The predicted molar refractivity (Wildman–Crippen MR) is 325 cm³/mol. The number of rotatable bonds is 59. The zero-order valence-electron chi connectivity index (χ0n) is 49.8. The Morgan fingerprint density at radius 3 is 0.867 bits per heavy atom. The Balaban J connectivity index is 3.97. The van der Waals surface area contributed by atoms with Gasteiger partial charge in [-0.1, -0.05) is 299 Å². The van der Waals surface area contributed by atoms with Crippen molar-refractivity contribution in [2.45, 2.75) is 335 Å². The Hall–Kier alpha value is -3.15. The Kier molecular flexibility index (Phi) is 60.7. The molecule has 0 radical (unpaired) electrons. The maximum Gasteiger partial charge on any atom is 0.306 e. The summed E-state index contributed by atoms with van der Waals surface area (Å²) >= 11 is 0. The molecule has 0 heterocycles. The molecule has 6 heteroatoms. The molecular formula is C69H122O6. The lowest BCUT2D eigenvalue weighted by Crippen LogP contribution is -2.30. The Labute approximate surface area is 465 Å². The van der Waals surface area contributed by atoms with E-state index in [1.165, 1.54) is 173 Å². The molecule has 1 unspecified atom stereocenters. The van der Waals surface area contributed by atoms with E-state index in [0.717, 1.165) is 116 Å². The van der Waals surface area contributed by atoms with Crippen LogP contribution < -0.4 is 0 Å². The highest BCUT2D eigenvalue weighted by atomic mass is 16.6. The smallest absolute Gasteiger partial charge is 0.306 e. The van der Waals surface area contributed by atoms with Crippen LogP contribution in [0.4, 0.5) is 0 Å². The molecule has 0 rings (SSSR count). The Morgan fingerprint density at radius 1 is 0.280 bits per heavy atom. The number of esters is 3. The van der Waals surface area contributed by atoms with Gasteiger partial charge in [-0.3, -0.25) is 14.4 Å². The van der Waals surface area contributed by atoms with Gasteiger partial charge in [-0.25, -0.2) is 0 Å². The SMILES string of the molecule is CC/C=C\C/C=C\C/C=C\C/C=C\CCCCCCCCCCCCCCCCCCCCCCCCC(=O)OCC(COC(=O)CCCCCCCCCCC)OC(=O)CCCCCCC/C=C\C/C=C\CCC. The number of carbonyl (C=O) groups is 3. The van der Waals surface area contributed by atoms with Crippen molar-refractivity contribution in [2.75, 3.05) is 13.2 Å². The molecule has 0 saturated heterocycles. The highest BCUT2D eigenvalue weighted by Crippen LogP contribution is 2.17. The first kappa shape index (κ1) is 71.8. The lowest BCUT2D eigenvalue weighted by molar-refractivity contribution is -0.167. The maximum absolute atomic E-state index is 12.8. The van der Waals surface area contributed by atoms with E-state index in [1.807, 2.05) is 0 Å². The number of hydrogen-bond acceptors (Lipinski definition) is 6. The van der Waals surface area contributed by atoms with Crippen LogP contribution in [0.2, 0.25) is 0 Å². The van der Waals surface area contributed by atoms with E-state index in [0.29, 0.717) is 19.3 Å². The van der Waals surface area contributed by atoms with Gasteiger partial charge in [-0.15, -0.1) is 0 Å². The van der Waals surface area contributed by atoms with Crippen LogP contribution in [-0.4, -0.2) is 37.2 Å². The van der Waals surface area contributed by atoms with Gasteiger partial charge >= 0.3 is 17.9 Å². The standard InChI is InChI=1S/C69H122O6/c1-4-7-10-13-16-19-21-23-24-25-26-27-28-29-30-31-32-33-34-35-36-37-38-39-40-41-42-43-44-46-47-50-53-56-59-62-68(71)74-65-66(64-73-67(70)61-58-55-52-49-18-15-12-9-6-3)75-69(72)63-60-57-54-51-48-45-22-20-17-14-11-8-5-2/h7,10-11,14,16,19-20,22-24,26-27,66H,4-6,8-9,12-13,15,17-18,21,25,28-65H2,1-3H3/b10-7-,14-11-,19-16-,22-20-,24-23-,27-26-. The fourth-order valence-electron chi connectivity index (χ4n) is 9.36. The van der Waals surface area contributed by atoms with Crippen LogP contribution in [-0.2, 0) is 28.6 Å².